The summed E-state index contributed by atoms with van der Waals surface area (Å²) in [4.78, 5) is 10.1. The van der Waals surface area contributed by atoms with Crippen LogP contribution in [-0.2, 0) is 4.79 Å². The van der Waals surface area contributed by atoms with Gasteiger partial charge >= 0.3 is 5.97 Å². The van der Waals surface area contributed by atoms with Crippen LogP contribution in [0.15, 0.2) is 0 Å². The van der Waals surface area contributed by atoms with Crippen molar-refractivity contribution in [1.82, 2.24) is 0 Å². The Morgan fingerprint density at radius 3 is 2.67 bits per heavy atom. The molecule has 0 saturated carbocycles. The molecular formula is C8H13NO2S. The summed E-state index contributed by atoms with van der Waals surface area (Å²) in [7, 11) is 0. The normalized spacial score (nSPS) is 10.8. The molecule has 0 aliphatic heterocycles. The number of hydrogen-bond donors (Lipinski definition) is 1. The molecule has 0 rings (SSSR count). The molecule has 0 bridgehead atoms. The molecule has 4 heteroatoms. The molecule has 0 spiro atoms. The Kier molecular flexibility index (Phi) is 4.75. The van der Waals surface area contributed by atoms with E-state index in [0.717, 1.165) is 12.2 Å². The lowest BCUT2D eigenvalue weighted by atomic mass is 9.93. The van der Waals surface area contributed by atoms with Gasteiger partial charge in [-0.3, -0.25) is 4.79 Å². The lowest BCUT2D eigenvalue weighted by molar-refractivity contribution is -0.133. The second-order valence-electron chi connectivity index (χ2n) is 3.19. The van der Waals surface area contributed by atoms with Gasteiger partial charge in [-0.25, -0.2) is 0 Å². The van der Waals surface area contributed by atoms with Crippen molar-refractivity contribution in [1.29, 1.82) is 5.26 Å². The third kappa shape index (κ3) is 6.05. The fraction of sp³-hybridized carbons (Fsp3) is 0.750. The van der Waals surface area contributed by atoms with Gasteiger partial charge < -0.3 is 5.11 Å². The Labute approximate surface area is 76.8 Å². The predicted molar refractivity (Wildman–Crippen MR) is 49.0 cm³/mol. The minimum Gasteiger partial charge on any atom is -0.481 e. The SMILES string of the molecule is CC(C)(C#N)CCSCC(=O)O. The Bertz CT molecular complexity index is 196. The van der Waals surface area contributed by atoms with Crippen molar-refractivity contribution in [2.75, 3.05) is 11.5 Å². The number of carboxylic acids is 1. The summed E-state index contributed by atoms with van der Waals surface area (Å²) in [6.45, 7) is 3.71. The number of aliphatic carboxylic acids is 1. The summed E-state index contributed by atoms with van der Waals surface area (Å²) in [5, 5.41) is 16.9. The molecule has 3 nitrogen and oxygen atoms in total. The maximum Gasteiger partial charge on any atom is 0.313 e. The van der Waals surface area contributed by atoms with Crippen molar-refractivity contribution in [2.45, 2.75) is 20.3 Å². The number of rotatable bonds is 5. The van der Waals surface area contributed by atoms with Gasteiger partial charge in [-0.1, -0.05) is 0 Å². The van der Waals surface area contributed by atoms with Crippen molar-refractivity contribution in [3.63, 3.8) is 0 Å². The maximum absolute atomic E-state index is 10.1. The van der Waals surface area contributed by atoms with Gasteiger partial charge in [-0.15, -0.1) is 0 Å². The zero-order chi connectivity index (χ0) is 9.61. The van der Waals surface area contributed by atoms with Crippen molar-refractivity contribution in [2.24, 2.45) is 5.41 Å². The van der Waals surface area contributed by atoms with Gasteiger partial charge in [0.2, 0.25) is 0 Å². The summed E-state index contributed by atoms with van der Waals surface area (Å²) >= 11 is 1.35. The number of hydrogen-bond acceptors (Lipinski definition) is 3. The molecule has 0 unspecified atom stereocenters. The zero-order valence-electron chi connectivity index (χ0n) is 7.33. The molecule has 0 heterocycles. The molecule has 68 valence electrons. The van der Waals surface area contributed by atoms with Crippen LogP contribution in [0.5, 0.6) is 0 Å². The topological polar surface area (TPSA) is 61.1 Å². The first-order chi connectivity index (χ1) is 5.48. The number of carbonyl (C=O) groups is 1. The zero-order valence-corrected chi connectivity index (χ0v) is 8.15. The molecule has 0 amide bonds. The highest BCUT2D eigenvalue weighted by atomic mass is 32.2. The van der Waals surface area contributed by atoms with Crippen LogP contribution in [0, 0.1) is 16.7 Å². The van der Waals surface area contributed by atoms with E-state index in [4.69, 9.17) is 10.4 Å². The largest absolute Gasteiger partial charge is 0.481 e. The number of nitrogens with zero attached hydrogens (tertiary/aromatic N) is 1. The highest BCUT2D eigenvalue weighted by Gasteiger charge is 2.15. The molecule has 0 saturated heterocycles. The Balaban J connectivity index is 3.45. The number of thioether (sulfide) groups is 1. The molecular weight excluding hydrogens is 174 g/mol. The van der Waals surface area contributed by atoms with Crippen molar-refractivity contribution in [3.8, 4) is 6.07 Å². The predicted octanol–water partition coefficient (Wildman–Crippen LogP) is 1.74. The quantitative estimate of drug-likeness (QED) is 0.666. The van der Waals surface area contributed by atoms with Gasteiger partial charge in [0, 0.05) is 0 Å². The number of nitriles is 1. The van der Waals surface area contributed by atoms with Gasteiger partial charge in [0.05, 0.1) is 17.2 Å². The van der Waals surface area contributed by atoms with Crippen LogP contribution in [0.1, 0.15) is 20.3 Å². The molecule has 0 aliphatic rings. The average molecular weight is 187 g/mol. The van der Waals surface area contributed by atoms with E-state index in [-0.39, 0.29) is 11.2 Å². The highest BCUT2D eigenvalue weighted by Crippen LogP contribution is 2.21. The van der Waals surface area contributed by atoms with E-state index < -0.39 is 5.97 Å². The summed E-state index contributed by atoms with van der Waals surface area (Å²) in [5.41, 5.74) is -0.328. The molecule has 0 fully saturated rings. The molecule has 0 radical (unpaired) electrons. The smallest absolute Gasteiger partial charge is 0.313 e. The summed E-state index contributed by atoms with van der Waals surface area (Å²) in [6.07, 6.45) is 0.738. The van der Waals surface area contributed by atoms with Gasteiger partial charge in [0.25, 0.3) is 0 Å². The van der Waals surface area contributed by atoms with E-state index in [1.54, 1.807) is 0 Å². The minimum atomic E-state index is -0.797. The van der Waals surface area contributed by atoms with E-state index in [1.165, 1.54) is 11.8 Å². The Morgan fingerprint density at radius 1 is 1.67 bits per heavy atom. The molecule has 0 aromatic rings. The minimum absolute atomic E-state index is 0.126. The van der Waals surface area contributed by atoms with Gasteiger partial charge in [-0.2, -0.15) is 17.0 Å². The van der Waals surface area contributed by atoms with Gasteiger partial charge in [0.1, 0.15) is 0 Å². The maximum atomic E-state index is 10.1. The first kappa shape index (κ1) is 11.3. The van der Waals surface area contributed by atoms with Gasteiger partial charge in [-0.05, 0) is 26.0 Å². The third-order valence-corrected chi connectivity index (χ3v) is 2.34. The fourth-order valence-corrected chi connectivity index (χ4v) is 1.52. The van der Waals surface area contributed by atoms with Crippen LogP contribution < -0.4 is 0 Å². The molecule has 1 N–H and O–H groups in total. The summed E-state index contributed by atoms with van der Waals surface area (Å²) < 4.78 is 0. The van der Waals surface area contributed by atoms with Crippen molar-refractivity contribution >= 4 is 17.7 Å². The van der Waals surface area contributed by atoms with Crippen molar-refractivity contribution in [3.05, 3.63) is 0 Å². The van der Waals surface area contributed by atoms with Crippen LogP contribution >= 0.6 is 11.8 Å². The van der Waals surface area contributed by atoms with E-state index >= 15 is 0 Å². The van der Waals surface area contributed by atoms with Gasteiger partial charge in [0.15, 0.2) is 0 Å². The second kappa shape index (κ2) is 5.04. The van der Waals surface area contributed by atoms with E-state index in [0.29, 0.717) is 0 Å². The molecule has 0 aromatic heterocycles. The molecule has 0 atom stereocenters. The van der Waals surface area contributed by atoms with Crippen LogP contribution in [0.2, 0.25) is 0 Å². The van der Waals surface area contributed by atoms with Crippen molar-refractivity contribution < 1.29 is 9.90 Å². The van der Waals surface area contributed by atoms with Crippen LogP contribution in [0.3, 0.4) is 0 Å². The molecule has 0 aromatic carbocycles. The van der Waals surface area contributed by atoms with Crippen LogP contribution in [-0.4, -0.2) is 22.6 Å². The highest BCUT2D eigenvalue weighted by molar-refractivity contribution is 7.99. The van der Waals surface area contributed by atoms with E-state index in [1.807, 2.05) is 13.8 Å². The van der Waals surface area contributed by atoms with E-state index in [9.17, 15) is 4.79 Å². The van der Waals surface area contributed by atoms with E-state index in [2.05, 4.69) is 6.07 Å². The average Bonchev–Trinajstić information content (AvgIpc) is 1.98. The standard InChI is InChI=1S/C8H13NO2S/c1-8(2,6-9)3-4-12-5-7(10)11/h3-5H2,1-2H3,(H,10,11). The third-order valence-electron chi connectivity index (χ3n) is 1.40. The van der Waals surface area contributed by atoms with Crippen LogP contribution in [0.4, 0.5) is 0 Å². The molecule has 12 heavy (non-hydrogen) atoms. The first-order valence-electron chi connectivity index (χ1n) is 3.69. The lowest BCUT2D eigenvalue weighted by Gasteiger charge is -2.13. The van der Waals surface area contributed by atoms with Crippen LogP contribution in [0.25, 0.3) is 0 Å². The number of carboxylic acid groups (broad SMARTS) is 1. The lowest BCUT2D eigenvalue weighted by Crippen LogP contribution is -2.09. The molecule has 0 aliphatic carbocycles. The summed E-state index contributed by atoms with van der Waals surface area (Å²) in [6, 6.07) is 2.17. The Morgan fingerprint density at radius 2 is 2.25 bits per heavy atom. The fourth-order valence-electron chi connectivity index (χ4n) is 0.543. The first-order valence-corrected chi connectivity index (χ1v) is 4.84. The summed E-state index contributed by atoms with van der Waals surface area (Å²) in [5.74, 6) is 0.0590. The monoisotopic (exact) mass is 187 g/mol. The Hall–Kier alpha value is -0.690. The second-order valence-corrected chi connectivity index (χ2v) is 4.30.